The van der Waals surface area contributed by atoms with Crippen LogP contribution in [0.25, 0.3) is 0 Å². The van der Waals surface area contributed by atoms with E-state index in [2.05, 4.69) is 33.6 Å². The summed E-state index contributed by atoms with van der Waals surface area (Å²) in [5.41, 5.74) is 1.41. The molecule has 0 aliphatic carbocycles. The van der Waals surface area contributed by atoms with Crippen LogP contribution in [0, 0.1) is 5.92 Å². The number of hydrogen-bond donors (Lipinski definition) is 0. The summed E-state index contributed by atoms with van der Waals surface area (Å²) >= 11 is 0. The molecule has 0 saturated carbocycles. The Bertz CT molecular complexity index is 145. The minimum atomic E-state index is 0.740. The molecule has 0 spiro atoms. The Kier molecular flexibility index (Phi) is 4.67. The second-order valence-electron chi connectivity index (χ2n) is 3.42. The van der Waals surface area contributed by atoms with E-state index in [9.17, 15) is 0 Å². The van der Waals surface area contributed by atoms with Crippen molar-refractivity contribution in [2.24, 2.45) is 5.92 Å². The molecule has 0 bridgehead atoms. The number of rotatable bonds is 4. The molecular formula is C10H19N. The number of nitrogens with zero attached hydrogens (tertiary/aromatic N) is 1. The summed E-state index contributed by atoms with van der Waals surface area (Å²) in [5.74, 6) is 0.740. The SMILES string of the molecule is C=CN(C)/C=C(\C)CC(C)C. The zero-order valence-corrected chi connectivity index (χ0v) is 8.09. The molecule has 0 rings (SSSR count). The molecule has 64 valence electrons. The summed E-state index contributed by atoms with van der Waals surface area (Å²) in [7, 11) is 2.00. The summed E-state index contributed by atoms with van der Waals surface area (Å²) in [6.45, 7) is 10.3. The first-order valence-electron chi connectivity index (χ1n) is 4.08. The summed E-state index contributed by atoms with van der Waals surface area (Å²) in [6.07, 6.45) is 5.09. The Morgan fingerprint density at radius 3 is 2.45 bits per heavy atom. The average Bonchev–Trinajstić information content (AvgIpc) is 1.85. The van der Waals surface area contributed by atoms with Crippen LogP contribution >= 0.6 is 0 Å². The van der Waals surface area contributed by atoms with Crippen molar-refractivity contribution in [3.63, 3.8) is 0 Å². The first kappa shape index (κ1) is 10.3. The van der Waals surface area contributed by atoms with Gasteiger partial charge in [-0.05, 0) is 25.5 Å². The number of allylic oxidation sites excluding steroid dienone is 1. The van der Waals surface area contributed by atoms with Crippen LogP contribution < -0.4 is 0 Å². The predicted octanol–water partition coefficient (Wildman–Crippen LogP) is 3.01. The Morgan fingerprint density at radius 1 is 1.55 bits per heavy atom. The van der Waals surface area contributed by atoms with Gasteiger partial charge in [0.15, 0.2) is 0 Å². The fraction of sp³-hybridized carbons (Fsp3) is 0.600. The molecular weight excluding hydrogens is 134 g/mol. The van der Waals surface area contributed by atoms with Crippen LogP contribution in [0.1, 0.15) is 27.2 Å². The summed E-state index contributed by atoms with van der Waals surface area (Å²) < 4.78 is 0. The van der Waals surface area contributed by atoms with Crippen molar-refractivity contribution in [3.05, 3.63) is 24.6 Å². The molecule has 0 N–H and O–H groups in total. The lowest BCUT2D eigenvalue weighted by molar-refractivity contribution is 0.591. The van der Waals surface area contributed by atoms with Crippen molar-refractivity contribution in [1.29, 1.82) is 0 Å². The molecule has 0 aromatic rings. The van der Waals surface area contributed by atoms with Gasteiger partial charge in [0.1, 0.15) is 0 Å². The molecule has 1 nitrogen and oxygen atoms in total. The molecule has 0 fully saturated rings. The van der Waals surface area contributed by atoms with Crippen molar-refractivity contribution in [2.45, 2.75) is 27.2 Å². The standard InChI is InChI=1S/C10H19N/c1-6-11(5)8-10(4)7-9(2)3/h6,8-9H,1,7H2,2-5H3/b10-8+. The molecule has 0 aliphatic rings. The highest BCUT2D eigenvalue weighted by atomic mass is 15.0. The predicted molar refractivity (Wildman–Crippen MR) is 51.2 cm³/mol. The number of hydrogen-bond acceptors (Lipinski definition) is 1. The van der Waals surface area contributed by atoms with Crippen molar-refractivity contribution in [2.75, 3.05) is 7.05 Å². The third kappa shape index (κ3) is 5.71. The Hall–Kier alpha value is -0.720. The van der Waals surface area contributed by atoms with Gasteiger partial charge < -0.3 is 4.90 Å². The molecule has 0 amide bonds. The Labute approximate surface area is 70.4 Å². The van der Waals surface area contributed by atoms with E-state index >= 15 is 0 Å². The largest absolute Gasteiger partial charge is 0.358 e. The first-order chi connectivity index (χ1) is 5.06. The fourth-order valence-electron chi connectivity index (χ4n) is 1.10. The minimum Gasteiger partial charge on any atom is -0.358 e. The van der Waals surface area contributed by atoms with Crippen LogP contribution in [0.2, 0.25) is 0 Å². The molecule has 0 aromatic carbocycles. The summed E-state index contributed by atoms with van der Waals surface area (Å²) in [6, 6.07) is 0. The molecule has 11 heavy (non-hydrogen) atoms. The zero-order chi connectivity index (χ0) is 8.85. The fourth-order valence-corrected chi connectivity index (χ4v) is 1.10. The van der Waals surface area contributed by atoms with E-state index in [1.165, 1.54) is 5.57 Å². The van der Waals surface area contributed by atoms with Crippen molar-refractivity contribution < 1.29 is 0 Å². The van der Waals surface area contributed by atoms with Gasteiger partial charge in [-0.2, -0.15) is 0 Å². The van der Waals surface area contributed by atoms with Gasteiger partial charge >= 0.3 is 0 Å². The van der Waals surface area contributed by atoms with Crippen molar-refractivity contribution in [1.82, 2.24) is 4.90 Å². The van der Waals surface area contributed by atoms with Gasteiger partial charge in [0.25, 0.3) is 0 Å². The maximum atomic E-state index is 3.67. The van der Waals surface area contributed by atoms with Crippen LogP contribution in [0.4, 0.5) is 0 Å². The normalized spacial score (nSPS) is 11.9. The van der Waals surface area contributed by atoms with Gasteiger partial charge in [-0.1, -0.05) is 26.0 Å². The minimum absolute atomic E-state index is 0.740. The first-order valence-corrected chi connectivity index (χ1v) is 4.08. The molecule has 0 saturated heterocycles. The van der Waals surface area contributed by atoms with Crippen LogP contribution in [0.3, 0.4) is 0 Å². The van der Waals surface area contributed by atoms with E-state index in [1.54, 1.807) is 0 Å². The Morgan fingerprint density at radius 2 is 2.09 bits per heavy atom. The molecule has 0 unspecified atom stereocenters. The van der Waals surface area contributed by atoms with Crippen molar-refractivity contribution >= 4 is 0 Å². The Balaban J connectivity index is 3.89. The van der Waals surface area contributed by atoms with Crippen molar-refractivity contribution in [3.8, 4) is 0 Å². The lowest BCUT2D eigenvalue weighted by atomic mass is 10.1. The van der Waals surface area contributed by atoms with Crippen LogP contribution in [0.15, 0.2) is 24.6 Å². The lowest BCUT2D eigenvalue weighted by Crippen LogP contribution is -2.01. The molecule has 1 heteroatoms. The second kappa shape index (κ2) is 5.00. The van der Waals surface area contributed by atoms with E-state index in [0.29, 0.717) is 0 Å². The average molecular weight is 153 g/mol. The highest BCUT2D eigenvalue weighted by Crippen LogP contribution is 2.09. The highest BCUT2D eigenvalue weighted by Gasteiger charge is 1.95. The van der Waals surface area contributed by atoms with Crippen LogP contribution in [-0.4, -0.2) is 11.9 Å². The molecule has 0 atom stereocenters. The van der Waals surface area contributed by atoms with Gasteiger partial charge in [0.05, 0.1) is 0 Å². The van der Waals surface area contributed by atoms with E-state index < -0.39 is 0 Å². The van der Waals surface area contributed by atoms with E-state index in [4.69, 9.17) is 0 Å². The quantitative estimate of drug-likeness (QED) is 0.600. The third-order valence-electron chi connectivity index (χ3n) is 1.44. The van der Waals surface area contributed by atoms with Gasteiger partial charge in [0, 0.05) is 13.2 Å². The van der Waals surface area contributed by atoms with Gasteiger partial charge in [-0.3, -0.25) is 0 Å². The topological polar surface area (TPSA) is 3.24 Å². The van der Waals surface area contributed by atoms with Crippen LogP contribution in [-0.2, 0) is 0 Å². The smallest absolute Gasteiger partial charge is 0.0106 e. The van der Waals surface area contributed by atoms with E-state index in [-0.39, 0.29) is 0 Å². The summed E-state index contributed by atoms with van der Waals surface area (Å²) in [5, 5.41) is 0. The third-order valence-corrected chi connectivity index (χ3v) is 1.44. The summed E-state index contributed by atoms with van der Waals surface area (Å²) in [4.78, 5) is 1.98. The maximum Gasteiger partial charge on any atom is 0.0106 e. The highest BCUT2D eigenvalue weighted by molar-refractivity contribution is 4.99. The molecule has 0 aliphatic heterocycles. The van der Waals surface area contributed by atoms with Crippen LogP contribution in [0.5, 0.6) is 0 Å². The second-order valence-corrected chi connectivity index (χ2v) is 3.42. The zero-order valence-electron chi connectivity index (χ0n) is 8.09. The van der Waals surface area contributed by atoms with E-state index in [1.807, 2.05) is 18.1 Å². The molecule has 0 aromatic heterocycles. The van der Waals surface area contributed by atoms with Gasteiger partial charge in [0.2, 0.25) is 0 Å². The molecule has 0 radical (unpaired) electrons. The lowest BCUT2D eigenvalue weighted by Gasteiger charge is -2.10. The van der Waals surface area contributed by atoms with Gasteiger partial charge in [-0.25, -0.2) is 0 Å². The molecule has 0 heterocycles. The monoisotopic (exact) mass is 153 g/mol. The van der Waals surface area contributed by atoms with E-state index in [0.717, 1.165) is 12.3 Å². The van der Waals surface area contributed by atoms with Gasteiger partial charge in [-0.15, -0.1) is 0 Å². The maximum absolute atomic E-state index is 3.67.